The molecule has 34 heavy (non-hydrogen) atoms. The van der Waals surface area contributed by atoms with Gasteiger partial charge in [-0.25, -0.2) is 4.68 Å². The number of nitrogens with one attached hydrogen (secondary N) is 2. The normalized spacial score (nSPS) is 11.8. The molecule has 0 saturated carbocycles. The van der Waals surface area contributed by atoms with Gasteiger partial charge in [-0.05, 0) is 42.5 Å². The number of ether oxygens (including phenoxy) is 2. The molecule has 2 heterocycles. The van der Waals surface area contributed by atoms with Gasteiger partial charge in [0.2, 0.25) is 12.7 Å². The van der Waals surface area contributed by atoms with E-state index >= 15 is 0 Å². The number of benzene rings is 3. The van der Waals surface area contributed by atoms with Gasteiger partial charge in [-0.2, -0.15) is 5.10 Å². The summed E-state index contributed by atoms with van der Waals surface area (Å²) in [4.78, 5) is 25.1. The number of amides is 2. The molecule has 1 aromatic heterocycles. The number of hydrazine groups is 1. The van der Waals surface area contributed by atoms with Crippen molar-refractivity contribution < 1.29 is 19.1 Å². The summed E-state index contributed by atoms with van der Waals surface area (Å²) in [6.07, 6.45) is 1.81. The lowest BCUT2D eigenvalue weighted by molar-refractivity contribution is -0.121. The first-order valence-corrected chi connectivity index (χ1v) is 10.8. The lowest BCUT2D eigenvalue weighted by Crippen LogP contribution is -2.42. The fourth-order valence-electron chi connectivity index (χ4n) is 3.56. The third kappa shape index (κ3) is 4.57. The number of fused-ring (bicyclic) bond motifs is 1. The first kappa shape index (κ1) is 21.5. The summed E-state index contributed by atoms with van der Waals surface area (Å²) in [5, 5.41) is 5.30. The van der Waals surface area contributed by atoms with Crippen LogP contribution in [-0.2, 0) is 11.2 Å². The Morgan fingerprint density at radius 2 is 1.71 bits per heavy atom. The van der Waals surface area contributed by atoms with Crippen LogP contribution in [0.15, 0.2) is 79.0 Å². The molecule has 170 valence electrons. The smallest absolute Gasteiger partial charge is 0.269 e. The molecule has 2 N–H and O–H groups in total. The zero-order valence-corrected chi connectivity index (χ0v) is 18.6. The van der Waals surface area contributed by atoms with Crippen LogP contribution in [0, 0.1) is 0 Å². The molecule has 0 atom stereocenters. The highest BCUT2D eigenvalue weighted by molar-refractivity contribution is 6.30. The van der Waals surface area contributed by atoms with Gasteiger partial charge in [-0.3, -0.25) is 20.4 Å². The van der Waals surface area contributed by atoms with Crippen molar-refractivity contribution in [2.24, 2.45) is 0 Å². The van der Waals surface area contributed by atoms with E-state index < -0.39 is 11.8 Å². The highest BCUT2D eigenvalue weighted by Crippen LogP contribution is 2.32. The average Bonchev–Trinajstić information content (AvgIpc) is 3.50. The molecule has 9 heteroatoms. The molecular formula is C25H19ClN4O4. The Bertz CT molecular complexity index is 1350. The molecule has 0 spiro atoms. The Morgan fingerprint density at radius 1 is 0.941 bits per heavy atom. The molecule has 0 bridgehead atoms. The molecule has 0 fully saturated rings. The Hall–Kier alpha value is -4.30. The molecule has 8 nitrogen and oxygen atoms in total. The molecule has 4 aromatic rings. The second-order valence-electron chi connectivity index (χ2n) is 7.54. The highest BCUT2D eigenvalue weighted by Gasteiger charge is 2.18. The molecule has 0 radical (unpaired) electrons. The Balaban J connectivity index is 1.32. The largest absolute Gasteiger partial charge is 0.454 e. The number of nitrogens with zero attached hydrogens (tertiary/aromatic N) is 2. The summed E-state index contributed by atoms with van der Waals surface area (Å²) in [7, 11) is 0. The van der Waals surface area contributed by atoms with Gasteiger partial charge in [-0.1, -0.05) is 41.9 Å². The summed E-state index contributed by atoms with van der Waals surface area (Å²) >= 11 is 6.03. The van der Waals surface area contributed by atoms with E-state index in [4.69, 9.17) is 21.1 Å². The van der Waals surface area contributed by atoms with E-state index in [2.05, 4.69) is 16.0 Å². The SMILES string of the molecule is O=C(Cc1cn(-c2ccccc2)nc1-c1ccc(Cl)cc1)NNC(=O)c1ccc2c(c1)OCO2. The van der Waals surface area contributed by atoms with E-state index in [0.717, 1.165) is 11.3 Å². The van der Waals surface area contributed by atoms with Crippen molar-refractivity contribution in [2.45, 2.75) is 6.42 Å². The molecule has 1 aliphatic heterocycles. The van der Waals surface area contributed by atoms with Crippen LogP contribution in [0.1, 0.15) is 15.9 Å². The second-order valence-corrected chi connectivity index (χ2v) is 7.97. The minimum absolute atomic E-state index is 0.00616. The quantitative estimate of drug-likeness (QED) is 0.427. The van der Waals surface area contributed by atoms with Gasteiger partial charge in [0.05, 0.1) is 17.8 Å². The van der Waals surface area contributed by atoms with Crippen molar-refractivity contribution in [3.63, 3.8) is 0 Å². The maximum absolute atomic E-state index is 12.7. The summed E-state index contributed by atoms with van der Waals surface area (Å²) in [6, 6.07) is 21.6. The van der Waals surface area contributed by atoms with Crippen LogP contribution in [0.5, 0.6) is 11.5 Å². The number of rotatable bonds is 5. The second kappa shape index (κ2) is 9.29. The summed E-state index contributed by atoms with van der Waals surface area (Å²) in [5.74, 6) is 0.201. The fraction of sp³-hybridized carbons (Fsp3) is 0.0800. The van der Waals surface area contributed by atoms with Gasteiger partial charge in [0.25, 0.3) is 5.91 Å². The number of aromatic nitrogens is 2. The number of carbonyl (C=O) groups excluding carboxylic acids is 2. The Kier molecular flexibility index (Phi) is 5.88. The summed E-state index contributed by atoms with van der Waals surface area (Å²) in [5.41, 5.74) is 8.27. The highest BCUT2D eigenvalue weighted by atomic mass is 35.5. The van der Waals surface area contributed by atoms with Crippen LogP contribution in [0.2, 0.25) is 5.02 Å². The molecule has 2 amide bonds. The zero-order chi connectivity index (χ0) is 23.5. The van der Waals surface area contributed by atoms with Gasteiger partial charge < -0.3 is 9.47 Å². The van der Waals surface area contributed by atoms with Crippen molar-refractivity contribution in [3.8, 4) is 28.4 Å². The zero-order valence-electron chi connectivity index (χ0n) is 17.8. The van der Waals surface area contributed by atoms with Crippen molar-refractivity contribution in [1.82, 2.24) is 20.6 Å². The molecule has 3 aromatic carbocycles. The average molecular weight is 475 g/mol. The summed E-state index contributed by atoms with van der Waals surface area (Å²) < 4.78 is 12.3. The van der Waals surface area contributed by atoms with E-state index in [1.165, 1.54) is 0 Å². The van der Waals surface area contributed by atoms with Crippen molar-refractivity contribution in [3.05, 3.63) is 95.1 Å². The van der Waals surface area contributed by atoms with Crippen LogP contribution in [-0.4, -0.2) is 28.4 Å². The lowest BCUT2D eigenvalue weighted by Gasteiger charge is -2.08. The van der Waals surface area contributed by atoms with Crippen LogP contribution < -0.4 is 20.3 Å². The third-order valence-corrected chi connectivity index (χ3v) is 5.48. The first-order chi connectivity index (χ1) is 16.6. The van der Waals surface area contributed by atoms with Crippen molar-refractivity contribution in [1.29, 1.82) is 0 Å². The van der Waals surface area contributed by atoms with E-state index in [1.807, 2.05) is 42.5 Å². The number of hydrogen-bond donors (Lipinski definition) is 2. The van der Waals surface area contributed by atoms with Crippen LogP contribution in [0.4, 0.5) is 0 Å². The number of halogens is 1. The molecule has 0 unspecified atom stereocenters. The maximum atomic E-state index is 12.7. The molecule has 5 rings (SSSR count). The first-order valence-electron chi connectivity index (χ1n) is 10.5. The third-order valence-electron chi connectivity index (χ3n) is 5.23. The predicted octanol–water partition coefficient (Wildman–Crippen LogP) is 3.93. The molecule has 0 saturated heterocycles. The standard InChI is InChI=1S/C25H19ClN4O4/c26-19-9-6-16(7-10-19)24-18(14-30(29-24)20-4-2-1-3-5-20)13-23(31)27-28-25(32)17-8-11-21-22(12-17)34-15-33-21/h1-12,14H,13,15H2,(H,27,31)(H,28,32). The monoisotopic (exact) mass is 474 g/mol. The van der Waals surface area contributed by atoms with Gasteiger partial charge in [0.1, 0.15) is 0 Å². The van der Waals surface area contributed by atoms with Gasteiger partial charge >= 0.3 is 0 Å². The van der Waals surface area contributed by atoms with E-state index in [1.54, 1.807) is 41.2 Å². The van der Waals surface area contributed by atoms with E-state index in [-0.39, 0.29) is 13.2 Å². The molecular weight excluding hydrogens is 456 g/mol. The number of para-hydroxylation sites is 1. The van der Waals surface area contributed by atoms with Crippen molar-refractivity contribution in [2.75, 3.05) is 6.79 Å². The summed E-state index contributed by atoms with van der Waals surface area (Å²) in [6.45, 7) is 0.115. The number of hydrogen-bond acceptors (Lipinski definition) is 5. The van der Waals surface area contributed by atoms with Crippen LogP contribution in [0.25, 0.3) is 16.9 Å². The Labute approximate surface area is 200 Å². The molecule has 0 aliphatic carbocycles. The topological polar surface area (TPSA) is 94.5 Å². The maximum Gasteiger partial charge on any atom is 0.269 e. The molecule has 1 aliphatic rings. The van der Waals surface area contributed by atoms with Crippen LogP contribution in [0.3, 0.4) is 0 Å². The van der Waals surface area contributed by atoms with Gasteiger partial charge in [-0.15, -0.1) is 0 Å². The van der Waals surface area contributed by atoms with E-state index in [0.29, 0.717) is 33.3 Å². The minimum atomic E-state index is -0.468. The van der Waals surface area contributed by atoms with Gasteiger partial charge in [0.15, 0.2) is 11.5 Å². The lowest BCUT2D eigenvalue weighted by atomic mass is 10.1. The van der Waals surface area contributed by atoms with E-state index in [9.17, 15) is 9.59 Å². The fourth-order valence-corrected chi connectivity index (χ4v) is 3.68. The van der Waals surface area contributed by atoms with Crippen LogP contribution >= 0.6 is 11.6 Å². The number of carbonyl (C=O) groups is 2. The Morgan fingerprint density at radius 3 is 2.50 bits per heavy atom. The van der Waals surface area contributed by atoms with Gasteiger partial charge in [0, 0.05) is 27.9 Å². The predicted molar refractivity (Wildman–Crippen MR) is 126 cm³/mol. The van der Waals surface area contributed by atoms with Crippen molar-refractivity contribution >= 4 is 23.4 Å². The minimum Gasteiger partial charge on any atom is -0.454 e.